The van der Waals surface area contributed by atoms with E-state index in [1.54, 1.807) is 0 Å². The Morgan fingerprint density at radius 2 is 1.90 bits per heavy atom. The first-order valence-electron chi connectivity index (χ1n) is 10.4. The molecule has 1 aromatic heterocycles. The Hall–Kier alpha value is -2.86. The van der Waals surface area contributed by atoms with Gasteiger partial charge in [0.25, 0.3) is 0 Å². The number of aromatic nitrogens is 2. The van der Waals surface area contributed by atoms with E-state index in [0.717, 1.165) is 36.4 Å². The van der Waals surface area contributed by atoms with E-state index in [9.17, 15) is 0 Å². The number of ether oxygens (including phenoxy) is 2. The fourth-order valence-electron chi connectivity index (χ4n) is 4.22. The Morgan fingerprint density at radius 1 is 1.00 bits per heavy atom. The highest BCUT2D eigenvalue weighted by Crippen LogP contribution is 2.35. The van der Waals surface area contributed by atoms with Crippen molar-refractivity contribution >= 4 is 0 Å². The molecule has 2 aromatic carbocycles. The third kappa shape index (κ3) is 4.12. The first-order chi connectivity index (χ1) is 14.3. The van der Waals surface area contributed by atoms with E-state index in [1.165, 1.54) is 24.8 Å². The van der Waals surface area contributed by atoms with Gasteiger partial charge in [-0.15, -0.1) is 0 Å². The van der Waals surface area contributed by atoms with Crippen LogP contribution in [0.2, 0.25) is 0 Å². The molecule has 0 unspecified atom stereocenters. The summed E-state index contributed by atoms with van der Waals surface area (Å²) >= 11 is 0. The smallest absolute Gasteiger partial charge is 0.241 e. The lowest BCUT2D eigenvalue weighted by atomic mass is 9.96. The van der Waals surface area contributed by atoms with Crippen LogP contribution in [0.1, 0.15) is 37.1 Å². The van der Waals surface area contributed by atoms with Gasteiger partial charge in [0.05, 0.1) is 6.54 Å². The monoisotopic (exact) mass is 391 g/mol. The van der Waals surface area contributed by atoms with Crippen molar-refractivity contribution in [3.05, 3.63) is 60.0 Å². The normalized spacial score (nSPS) is 18.8. The molecule has 0 spiro atoms. The van der Waals surface area contributed by atoms with Gasteiger partial charge in [0.15, 0.2) is 11.5 Å². The third-order valence-corrected chi connectivity index (χ3v) is 5.80. The lowest BCUT2D eigenvalue weighted by Crippen LogP contribution is -2.39. The van der Waals surface area contributed by atoms with Crippen molar-refractivity contribution in [2.45, 2.75) is 44.7 Å². The van der Waals surface area contributed by atoms with Crippen molar-refractivity contribution in [3.8, 4) is 22.9 Å². The largest absolute Gasteiger partial charge is 0.454 e. The van der Waals surface area contributed by atoms with Crippen LogP contribution in [0, 0.1) is 0 Å². The Kier molecular flexibility index (Phi) is 5.17. The van der Waals surface area contributed by atoms with Gasteiger partial charge in [-0.05, 0) is 56.0 Å². The summed E-state index contributed by atoms with van der Waals surface area (Å²) in [5.74, 6) is 2.75. The summed E-state index contributed by atoms with van der Waals surface area (Å²) in [6, 6.07) is 17.0. The molecule has 1 fully saturated rings. The minimum atomic E-state index is 0.260. The molecule has 150 valence electrons. The predicted octanol–water partition coefficient (Wildman–Crippen LogP) is 4.45. The maximum atomic E-state index is 5.58. The number of likely N-dealkylation sites (tertiary alicyclic amines) is 1. The number of rotatable bonds is 6. The van der Waals surface area contributed by atoms with Gasteiger partial charge < -0.3 is 14.0 Å². The van der Waals surface area contributed by atoms with Crippen LogP contribution in [0.3, 0.4) is 0 Å². The van der Waals surface area contributed by atoms with Crippen molar-refractivity contribution in [3.63, 3.8) is 0 Å². The standard InChI is InChI=1S/C23H25N3O3/c1-2-6-17(7-3-1)9-11-19-8-4-5-13-26(19)15-22-24-23(25-29-22)18-10-12-20-21(14-18)28-16-27-20/h1-3,6-7,10,12,14,19H,4-5,8-9,11,13,15-16H2/t19-/m1/s1. The van der Waals surface area contributed by atoms with Gasteiger partial charge in [-0.1, -0.05) is 41.9 Å². The Labute approximate surface area is 170 Å². The van der Waals surface area contributed by atoms with E-state index in [1.807, 2.05) is 18.2 Å². The van der Waals surface area contributed by atoms with Gasteiger partial charge in [0, 0.05) is 11.6 Å². The van der Waals surface area contributed by atoms with Gasteiger partial charge in [-0.25, -0.2) is 0 Å². The van der Waals surface area contributed by atoms with Gasteiger partial charge in [-0.2, -0.15) is 4.98 Å². The maximum absolute atomic E-state index is 5.58. The molecular formula is C23H25N3O3. The van der Waals surface area contributed by atoms with E-state index in [0.29, 0.717) is 24.3 Å². The van der Waals surface area contributed by atoms with Gasteiger partial charge >= 0.3 is 0 Å². The summed E-state index contributed by atoms with van der Waals surface area (Å²) in [5.41, 5.74) is 2.28. The lowest BCUT2D eigenvalue weighted by Gasteiger charge is -2.34. The van der Waals surface area contributed by atoms with Crippen LogP contribution in [0.25, 0.3) is 11.4 Å². The minimum absolute atomic E-state index is 0.260. The second-order valence-electron chi connectivity index (χ2n) is 7.72. The zero-order valence-electron chi connectivity index (χ0n) is 16.4. The summed E-state index contributed by atoms with van der Waals surface area (Å²) in [4.78, 5) is 7.14. The molecular weight excluding hydrogens is 366 g/mol. The Morgan fingerprint density at radius 3 is 2.83 bits per heavy atom. The first kappa shape index (κ1) is 18.2. The van der Waals surface area contributed by atoms with Gasteiger partial charge in [-0.3, -0.25) is 4.90 Å². The van der Waals surface area contributed by atoms with Crippen LogP contribution in [-0.4, -0.2) is 34.4 Å². The van der Waals surface area contributed by atoms with Crippen LogP contribution in [0.5, 0.6) is 11.5 Å². The minimum Gasteiger partial charge on any atom is -0.454 e. The predicted molar refractivity (Wildman–Crippen MR) is 109 cm³/mol. The second kappa shape index (κ2) is 8.25. The number of hydrogen-bond acceptors (Lipinski definition) is 6. The van der Waals surface area contributed by atoms with Crippen molar-refractivity contribution < 1.29 is 14.0 Å². The van der Waals surface area contributed by atoms with Crippen LogP contribution < -0.4 is 9.47 Å². The van der Waals surface area contributed by atoms with E-state index in [4.69, 9.17) is 14.0 Å². The molecule has 1 saturated heterocycles. The topological polar surface area (TPSA) is 60.6 Å². The number of hydrogen-bond donors (Lipinski definition) is 0. The SMILES string of the molecule is c1ccc(CC[C@H]2CCCCN2Cc2nc(-c3ccc4c(c3)OCO4)no2)cc1. The maximum Gasteiger partial charge on any atom is 0.241 e. The summed E-state index contributed by atoms with van der Waals surface area (Å²) in [6.07, 6.45) is 6.02. The van der Waals surface area contributed by atoms with Crippen molar-refractivity contribution in [2.75, 3.05) is 13.3 Å². The number of piperidine rings is 1. The summed E-state index contributed by atoms with van der Waals surface area (Å²) < 4.78 is 16.4. The summed E-state index contributed by atoms with van der Waals surface area (Å²) in [6.45, 7) is 2.05. The molecule has 0 radical (unpaired) electrons. The fraction of sp³-hybridized carbons (Fsp3) is 0.391. The Balaban J connectivity index is 1.25. The number of benzene rings is 2. The lowest BCUT2D eigenvalue weighted by molar-refractivity contribution is 0.117. The van der Waals surface area contributed by atoms with E-state index < -0.39 is 0 Å². The molecule has 3 heterocycles. The number of aryl methyl sites for hydroxylation is 1. The first-order valence-corrected chi connectivity index (χ1v) is 10.4. The molecule has 2 aliphatic rings. The fourth-order valence-corrected chi connectivity index (χ4v) is 4.22. The van der Waals surface area contributed by atoms with Crippen LogP contribution in [0.4, 0.5) is 0 Å². The average molecular weight is 391 g/mol. The van der Waals surface area contributed by atoms with E-state index >= 15 is 0 Å². The molecule has 1 atom stereocenters. The van der Waals surface area contributed by atoms with Gasteiger partial charge in [0.2, 0.25) is 18.5 Å². The van der Waals surface area contributed by atoms with Crippen LogP contribution in [-0.2, 0) is 13.0 Å². The summed E-state index contributed by atoms with van der Waals surface area (Å²) in [5, 5.41) is 4.19. The highest BCUT2D eigenvalue weighted by Gasteiger charge is 2.24. The van der Waals surface area contributed by atoms with Crippen molar-refractivity contribution in [2.24, 2.45) is 0 Å². The van der Waals surface area contributed by atoms with Gasteiger partial charge in [0.1, 0.15) is 0 Å². The highest BCUT2D eigenvalue weighted by molar-refractivity contribution is 5.61. The van der Waals surface area contributed by atoms with Crippen molar-refractivity contribution in [1.82, 2.24) is 15.0 Å². The summed E-state index contributed by atoms with van der Waals surface area (Å²) in [7, 11) is 0. The van der Waals surface area contributed by atoms with E-state index in [-0.39, 0.29) is 6.79 Å². The molecule has 0 N–H and O–H groups in total. The van der Waals surface area contributed by atoms with Crippen LogP contribution >= 0.6 is 0 Å². The molecule has 0 amide bonds. The zero-order chi connectivity index (χ0) is 19.5. The van der Waals surface area contributed by atoms with Crippen molar-refractivity contribution in [1.29, 1.82) is 0 Å². The van der Waals surface area contributed by atoms with E-state index in [2.05, 4.69) is 45.4 Å². The number of fused-ring (bicyclic) bond motifs is 1. The quantitative estimate of drug-likeness (QED) is 0.619. The molecule has 29 heavy (non-hydrogen) atoms. The molecule has 2 aliphatic heterocycles. The molecule has 3 aromatic rings. The molecule has 6 nitrogen and oxygen atoms in total. The molecule has 6 heteroatoms. The average Bonchev–Trinajstić information content (AvgIpc) is 3.43. The Bertz CT molecular complexity index is 957. The molecule has 0 bridgehead atoms. The highest BCUT2D eigenvalue weighted by atomic mass is 16.7. The second-order valence-corrected chi connectivity index (χ2v) is 7.72. The van der Waals surface area contributed by atoms with Crippen LogP contribution in [0.15, 0.2) is 53.1 Å². The number of nitrogens with zero attached hydrogens (tertiary/aromatic N) is 3. The zero-order valence-corrected chi connectivity index (χ0v) is 16.4. The molecule has 5 rings (SSSR count). The molecule has 0 aliphatic carbocycles. The third-order valence-electron chi connectivity index (χ3n) is 5.80. The molecule has 0 saturated carbocycles.